The predicted molar refractivity (Wildman–Crippen MR) is 58.4 cm³/mol. The number of carbonyl (C=O) groups excluding carboxylic acids is 1. The Morgan fingerprint density at radius 1 is 1.47 bits per heavy atom. The Morgan fingerprint density at radius 3 is 2.20 bits per heavy atom. The van der Waals surface area contributed by atoms with Crippen LogP contribution in [-0.4, -0.2) is 41.9 Å². The minimum Gasteiger partial charge on any atom is -0.388 e. The lowest BCUT2D eigenvalue weighted by Crippen LogP contribution is -2.60. The molecule has 0 bridgehead atoms. The minimum atomic E-state index is -1.02. The highest BCUT2D eigenvalue weighted by Gasteiger charge is 2.37. The number of hydrogen-bond acceptors (Lipinski definition) is 4. The summed E-state index contributed by atoms with van der Waals surface area (Å²) in [5.41, 5.74) is 3.61. The van der Waals surface area contributed by atoms with Gasteiger partial charge in [0.05, 0.1) is 11.1 Å². The fraction of sp³-hybridized carbons (Fsp3) is 0.900. The van der Waals surface area contributed by atoms with E-state index in [1.165, 1.54) is 7.11 Å². The third-order valence-electron chi connectivity index (χ3n) is 2.76. The zero-order chi connectivity index (χ0) is 12.3. The van der Waals surface area contributed by atoms with Gasteiger partial charge in [0.1, 0.15) is 6.10 Å². The summed E-state index contributed by atoms with van der Waals surface area (Å²) in [6, 6.07) is 0. The van der Waals surface area contributed by atoms with Crippen molar-refractivity contribution >= 4 is 5.91 Å². The van der Waals surface area contributed by atoms with Gasteiger partial charge in [0, 0.05) is 13.7 Å². The Morgan fingerprint density at radius 2 is 1.93 bits per heavy atom. The average molecular weight is 218 g/mol. The van der Waals surface area contributed by atoms with Crippen LogP contribution in [0, 0.1) is 0 Å². The Balaban J connectivity index is 4.53. The van der Waals surface area contributed by atoms with E-state index in [4.69, 9.17) is 10.5 Å². The molecule has 0 fully saturated rings. The van der Waals surface area contributed by atoms with E-state index in [0.29, 0.717) is 0 Å². The lowest BCUT2D eigenvalue weighted by atomic mass is 9.86. The van der Waals surface area contributed by atoms with Crippen LogP contribution < -0.4 is 11.1 Å². The molecule has 0 rings (SSSR count). The van der Waals surface area contributed by atoms with Crippen molar-refractivity contribution in [1.29, 1.82) is 0 Å². The quantitative estimate of drug-likeness (QED) is 0.587. The average Bonchev–Trinajstić information content (AvgIpc) is 2.03. The smallest absolute Gasteiger partial charge is 0.250 e. The van der Waals surface area contributed by atoms with E-state index in [1.54, 1.807) is 27.7 Å². The van der Waals surface area contributed by atoms with Gasteiger partial charge in [-0.3, -0.25) is 4.79 Å². The van der Waals surface area contributed by atoms with E-state index < -0.39 is 17.2 Å². The van der Waals surface area contributed by atoms with Gasteiger partial charge in [0.2, 0.25) is 0 Å². The zero-order valence-corrected chi connectivity index (χ0v) is 10.1. The number of aliphatic hydroxyl groups is 1. The molecular formula is C10H22N2O3. The molecule has 0 aliphatic rings. The minimum absolute atomic E-state index is 0.115. The van der Waals surface area contributed by atoms with E-state index in [9.17, 15) is 9.90 Å². The lowest BCUT2D eigenvalue weighted by Gasteiger charge is -2.38. The van der Waals surface area contributed by atoms with E-state index in [0.717, 1.165) is 0 Å². The monoisotopic (exact) mass is 218 g/mol. The summed E-state index contributed by atoms with van der Waals surface area (Å²) in [5, 5.41) is 12.5. The molecular weight excluding hydrogens is 196 g/mol. The van der Waals surface area contributed by atoms with Gasteiger partial charge < -0.3 is 20.9 Å². The molecule has 5 nitrogen and oxygen atoms in total. The molecule has 0 aliphatic heterocycles. The second-order valence-corrected chi connectivity index (χ2v) is 4.63. The normalized spacial score (nSPS) is 14.9. The number of amides is 1. The summed E-state index contributed by atoms with van der Waals surface area (Å²) >= 11 is 0. The highest BCUT2D eigenvalue weighted by molar-refractivity contribution is 5.81. The summed E-state index contributed by atoms with van der Waals surface area (Å²) in [4.78, 5) is 11.6. The maximum Gasteiger partial charge on any atom is 0.250 e. The molecule has 0 heterocycles. The van der Waals surface area contributed by atoms with E-state index in [-0.39, 0.29) is 12.5 Å². The molecule has 0 radical (unpaired) electrons. The predicted octanol–water partition coefficient (Wildman–Crippen LogP) is -0.374. The Labute approximate surface area is 91.0 Å². The van der Waals surface area contributed by atoms with E-state index >= 15 is 0 Å². The third-order valence-corrected chi connectivity index (χ3v) is 2.76. The van der Waals surface area contributed by atoms with Gasteiger partial charge in [0.15, 0.2) is 0 Å². The molecule has 0 aromatic rings. The summed E-state index contributed by atoms with van der Waals surface area (Å²) < 4.78 is 4.90. The van der Waals surface area contributed by atoms with Crippen molar-refractivity contribution < 1.29 is 14.6 Å². The molecule has 0 aromatic carbocycles. The van der Waals surface area contributed by atoms with Crippen LogP contribution in [0.25, 0.3) is 0 Å². The highest BCUT2D eigenvalue weighted by Crippen LogP contribution is 2.20. The number of hydrogen-bond donors (Lipinski definition) is 3. The van der Waals surface area contributed by atoms with Crippen LogP contribution >= 0.6 is 0 Å². The number of nitrogens with two attached hydrogens (primary N) is 1. The van der Waals surface area contributed by atoms with Crippen molar-refractivity contribution in [3.8, 4) is 0 Å². The second-order valence-electron chi connectivity index (χ2n) is 4.63. The molecule has 90 valence electrons. The third kappa shape index (κ3) is 3.77. The van der Waals surface area contributed by atoms with Gasteiger partial charge in [-0.05, 0) is 27.7 Å². The lowest BCUT2D eigenvalue weighted by molar-refractivity contribution is -0.135. The molecule has 1 atom stereocenters. The zero-order valence-electron chi connectivity index (χ0n) is 10.1. The van der Waals surface area contributed by atoms with Crippen LogP contribution in [0.4, 0.5) is 0 Å². The number of carbonyl (C=O) groups is 1. The molecule has 5 heteroatoms. The molecule has 1 unspecified atom stereocenters. The maximum atomic E-state index is 11.6. The summed E-state index contributed by atoms with van der Waals surface area (Å²) in [6.45, 7) is 6.88. The molecule has 4 N–H and O–H groups in total. The van der Waals surface area contributed by atoms with Crippen molar-refractivity contribution in [1.82, 2.24) is 5.32 Å². The van der Waals surface area contributed by atoms with Gasteiger partial charge in [-0.25, -0.2) is 0 Å². The van der Waals surface area contributed by atoms with Crippen molar-refractivity contribution in [2.24, 2.45) is 5.73 Å². The Bertz CT molecular complexity index is 217. The van der Waals surface area contributed by atoms with Gasteiger partial charge in [-0.2, -0.15) is 0 Å². The number of nitrogens with one attached hydrogen (secondary N) is 1. The molecule has 0 aliphatic carbocycles. The van der Waals surface area contributed by atoms with Gasteiger partial charge in [-0.1, -0.05) is 0 Å². The van der Waals surface area contributed by atoms with Crippen molar-refractivity contribution in [2.45, 2.75) is 44.9 Å². The second kappa shape index (κ2) is 4.92. The Hall–Kier alpha value is -0.650. The van der Waals surface area contributed by atoms with Gasteiger partial charge >= 0.3 is 0 Å². The number of ether oxygens (including phenoxy) is 1. The van der Waals surface area contributed by atoms with Gasteiger partial charge in [0.25, 0.3) is 5.91 Å². The van der Waals surface area contributed by atoms with Crippen molar-refractivity contribution in [3.05, 3.63) is 0 Å². The standard InChI is InChI=1S/C10H22N2O3/c1-9(2,10(3,4)14)12-8(13)7(6-11)15-5/h7,14H,6,11H2,1-5H3,(H,12,13). The topological polar surface area (TPSA) is 84.6 Å². The summed E-state index contributed by atoms with van der Waals surface area (Å²) in [7, 11) is 1.42. The van der Waals surface area contributed by atoms with Gasteiger partial charge in [-0.15, -0.1) is 0 Å². The van der Waals surface area contributed by atoms with Crippen LogP contribution in [0.15, 0.2) is 0 Å². The first-order chi connectivity index (χ1) is 6.65. The van der Waals surface area contributed by atoms with Crippen LogP contribution in [0.5, 0.6) is 0 Å². The van der Waals surface area contributed by atoms with Crippen molar-refractivity contribution in [3.63, 3.8) is 0 Å². The molecule has 1 amide bonds. The van der Waals surface area contributed by atoms with Crippen LogP contribution in [-0.2, 0) is 9.53 Å². The van der Waals surface area contributed by atoms with Crippen LogP contribution in [0.3, 0.4) is 0 Å². The molecule has 15 heavy (non-hydrogen) atoms. The Kier molecular flexibility index (Phi) is 4.70. The van der Waals surface area contributed by atoms with Crippen LogP contribution in [0.1, 0.15) is 27.7 Å². The van der Waals surface area contributed by atoms with Crippen molar-refractivity contribution in [2.75, 3.05) is 13.7 Å². The fourth-order valence-corrected chi connectivity index (χ4v) is 0.852. The van der Waals surface area contributed by atoms with E-state index in [1.807, 2.05) is 0 Å². The number of methoxy groups -OCH3 is 1. The van der Waals surface area contributed by atoms with Crippen LogP contribution in [0.2, 0.25) is 0 Å². The largest absolute Gasteiger partial charge is 0.388 e. The van der Waals surface area contributed by atoms with E-state index in [2.05, 4.69) is 5.32 Å². The fourth-order valence-electron chi connectivity index (χ4n) is 0.852. The SMILES string of the molecule is COC(CN)C(=O)NC(C)(C)C(C)(C)O. The molecule has 0 spiro atoms. The maximum absolute atomic E-state index is 11.6. The number of rotatable bonds is 5. The highest BCUT2D eigenvalue weighted by atomic mass is 16.5. The molecule has 0 aromatic heterocycles. The molecule has 0 saturated heterocycles. The summed E-state index contributed by atoms with van der Waals surface area (Å²) in [6.07, 6.45) is -0.674. The first-order valence-corrected chi connectivity index (χ1v) is 4.93. The first-order valence-electron chi connectivity index (χ1n) is 4.93. The first kappa shape index (κ1) is 14.3. The summed E-state index contributed by atoms with van der Waals surface area (Å²) in [5.74, 6) is -0.313. The molecule has 0 saturated carbocycles.